The van der Waals surface area contributed by atoms with Crippen LogP contribution in [0.2, 0.25) is 5.02 Å². The molecule has 9 heteroatoms. The zero-order valence-corrected chi connectivity index (χ0v) is 25.0. The number of nitrogens with one attached hydrogen (secondary N) is 1. The zero-order chi connectivity index (χ0) is 28.3. The number of thiophene rings is 1. The summed E-state index contributed by atoms with van der Waals surface area (Å²) in [6, 6.07) is 8.70. The second-order valence-corrected chi connectivity index (χ2v) is 12.0. The van der Waals surface area contributed by atoms with Crippen molar-refractivity contribution in [1.82, 2.24) is 0 Å². The average molecular weight is 571 g/mol. The van der Waals surface area contributed by atoms with E-state index in [1.165, 1.54) is 4.88 Å². The highest BCUT2D eigenvalue weighted by Gasteiger charge is 2.34. The lowest BCUT2D eigenvalue weighted by molar-refractivity contribution is 0.102. The first-order valence-electron chi connectivity index (χ1n) is 12.7. The van der Waals surface area contributed by atoms with Crippen molar-refractivity contribution in [3.63, 3.8) is 0 Å². The molecular formula is C30H35ClN2O5S. The Balaban J connectivity index is 1.78. The van der Waals surface area contributed by atoms with Gasteiger partial charge >= 0.3 is 0 Å². The minimum absolute atomic E-state index is 0.175. The van der Waals surface area contributed by atoms with Gasteiger partial charge in [0.15, 0.2) is 11.5 Å². The van der Waals surface area contributed by atoms with E-state index < -0.39 is 0 Å². The van der Waals surface area contributed by atoms with E-state index in [0.29, 0.717) is 55.8 Å². The summed E-state index contributed by atoms with van der Waals surface area (Å²) in [5.74, 6) is 2.51. The lowest BCUT2D eigenvalue weighted by Crippen LogP contribution is -2.27. The molecule has 2 aromatic carbocycles. The Morgan fingerprint density at radius 2 is 1.67 bits per heavy atom. The summed E-state index contributed by atoms with van der Waals surface area (Å²) < 4.78 is 21.9. The van der Waals surface area contributed by atoms with Crippen LogP contribution in [-0.4, -0.2) is 40.6 Å². The molecule has 0 unspecified atom stereocenters. The van der Waals surface area contributed by atoms with Crippen LogP contribution in [0.25, 0.3) is 0 Å². The fourth-order valence-corrected chi connectivity index (χ4v) is 6.32. The third-order valence-corrected chi connectivity index (χ3v) is 8.56. The fraction of sp³-hybridized carbons (Fsp3) is 0.400. The number of aliphatic imine (C=N–C) groups is 1. The van der Waals surface area contributed by atoms with Gasteiger partial charge in [0.1, 0.15) is 16.5 Å². The van der Waals surface area contributed by atoms with Gasteiger partial charge in [-0.15, -0.1) is 11.3 Å². The molecule has 1 aliphatic carbocycles. The van der Waals surface area contributed by atoms with E-state index in [-0.39, 0.29) is 11.3 Å². The number of fused-ring (bicyclic) bond motifs is 1. The summed E-state index contributed by atoms with van der Waals surface area (Å²) >= 11 is 7.79. The molecule has 1 amide bonds. The van der Waals surface area contributed by atoms with Gasteiger partial charge in [0.25, 0.3) is 5.91 Å². The molecule has 1 aromatic heterocycles. The molecule has 0 spiro atoms. The fourth-order valence-electron chi connectivity index (χ4n) is 4.88. The molecule has 0 aliphatic heterocycles. The maximum atomic E-state index is 13.8. The van der Waals surface area contributed by atoms with Crippen molar-refractivity contribution < 1.29 is 23.7 Å². The van der Waals surface area contributed by atoms with E-state index in [0.717, 1.165) is 24.8 Å². The first-order chi connectivity index (χ1) is 18.6. The molecule has 0 saturated carbocycles. The van der Waals surface area contributed by atoms with Crippen molar-refractivity contribution in [2.45, 2.75) is 40.0 Å². The van der Waals surface area contributed by atoms with Gasteiger partial charge in [-0.2, -0.15) is 0 Å². The SMILES string of the molecule is COc1cc(OC)c(OC)cc1C=Nc1sc2c(c1C(=O)Nc1cc(Cl)ccc1OC)CC[C@@H](C(C)(C)C)C2. The third-order valence-electron chi connectivity index (χ3n) is 7.17. The number of carbonyl (C=O) groups is 1. The van der Waals surface area contributed by atoms with E-state index in [1.54, 1.807) is 76.3 Å². The first kappa shape index (κ1) is 28.8. The number of methoxy groups -OCH3 is 4. The van der Waals surface area contributed by atoms with Gasteiger partial charge < -0.3 is 24.3 Å². The van der Waals surface area contributed by atoms with Crippen molar-refractivity contribution >= 4 is 45.7 Å². The summed E-state index contributed by atoms with van der Waals surface area (Å²) in [7, 11) is 6.30. The second-order valence-electron chi connectivity index (χ2n) is 10.5. The van der Waals surface area contributed by atoms with Crippen molar-refractivity contribution in [3.05, 3.63) is 56.9 Å². The molecule has 1 aliphatic rings. The maximum Gasteiger partial charge on any atom is 0.259 e. The van der Waals surface area contributed by atoms with E-state index in [2.05, 4.69) is 26.1 Å². The molecule has 0 radical (unpaired) electrons. The summed E-state index contributed by atoms with van der Waals surface area (Å²) in [5.41, 5.74) is 3.03. The predicted molar refractivity (Wildman–Crippen MR) is 159 cm³/mol. The van der Waals surface area contributed by atoms with Crippen molar-refractivity contribution in [1.29, 1.82) is 0 Å². The van der Waals surface area contributed by atoms with Gasteiger partial charge in [0.05, 0.1) is 39.7 Å². The molecule has 7 nitrogen and oxygen atoms in total. The third kappa shape index (κ3) is 6.17. The number of anilines is 1. The van der Waals surface area contributed by atoms with Crippen molar-refractivity contribution in [3.8, 4) is 23.0 Å². The molecule has 0 fully saturated rings. The van der Waals surface area contributed by atoms with Gasteiger partial charge in [0, 0.05) is 27.7 Å². The molecule has 0 bridgehead atoms. The van der Waals surface area contributed by atoms with Crippen LogP contribution in [0, 0.1) is 11.3 Å². The number of amides is 1. The number of rotatable bonds is 8. The molecule has 3 aromatic rings. The predicted octanol–water partition coefficient (Wildman–Crippen LogP) is 7.59. The molecule has 0 saturated heterocycles. The lowest BCUT2D eigenvalue weighted by Gasteiger charge is -2.33. The van der Waals surface area contributed by atoms with Crippen LogP contribution in [-0.2, 0) is 12.8 Å². The number of nitrogens with zero attached hydrogens (tertiary/aromatic N) is 1. The largest absolute Gasteiger partial charge is 0.496 e. The highest BCUT2D eigenvalue weighted by atomic mass is 35.5. The monoisotopic (exact) mass is 570 g/mol. The standard InChI is InChI=1S/C30H35ClN2O5S/c1-30(2,3)18-8-10-20-26(13-18)39-29(27(20)28(34)33-21-14-19(31)9-11-22(21)35-4)32-16-17-12-24(37-6)25(38-7)15-23(17)36-5/h9,11-12,14-16,18H,8,10,13H2,1-7H3,(H,33,34)/t18-/m1/s1. The van der Waals surface area contributed by atoms with Gasteiger partial charge in [0.2, 0.25) is 0 Å². The normalized spacial score (nSPS) is 15.1. The van der Waals surface area contributed by atoms with E-state index in [4.69, 9.17) is 35.5 Å². The number of benzene rings is 2. The Hall–Kier alpha value is -3.23. The van der Waals surface area contributed by atoms with Crippen LogP contribution in [0.15, 0.2) is 35.3 Å². The zero-order valence-electron chi connectivity index (χ0n) is 23.4. The van der Waals surface area contributed by atoms with Gasteiger partial charge in [-0.1, -0.05) is 32.4 Å². The molecule has 1 heterocycles. The molecular weight excluding hydrogens is 536 g/mol. The molecule has 1 N–H and O–H groups in total. The molecule has 4 rings (SSSR count). The first-order valence-corrected chi connectivity index (χ1v) is 13.9. The summed E-state index contributed by atoms with van der Waals surface area (Å²) in [6.45, 7) is 6.83. The average Bonchev–Trinajstić information content (AvgIpc) is 3.28. The van der Waals surface area contributed by atoms with Crippen LogP contribution >= 0.6 is 22.9 Å². The van der Waals surface area contributed by atoms with E-state index in [1.807, 2.05) is 0 Å². The van der Waals surface area contributed by atoms with Crippen LogP contribution in [0.5, 0.6) is 23.0 Å². The number of hydrogen-bond donors (Lipinski definition) is 1. The van der Waals surface area contributed by atoms with Crippen molar-refractivity contribution in [2.75, 3.05) is 33.8 Å². The van der Waals surface area contributed by atoms with Crippen molar-refractivity contribution in [2.24, 2.45) is 16.3 Å². The quantitative estimate of drug-likeness (QED) is 0.282. The Kier molecular flexibility index (Phi) is 8.76. The summed E-state index contributed by atoms with van der Waals surface area (Å²) in [6.07, 6.45) is 4.45. The lowest BCUT2D eigenvalue weighted by atomic mass is 9.72. The number of ether oxygens (including phenoxy) is 4. The Morgan fingerprint density at radius 3 is 2.31 bits per heavy atom. The van der Waals surface area contributed by atoms with Crippen LogP contribution in [0.3, 0.4) is 0 Å². The minimum Gasteiger partial charge on any atom is -0.496 e. The molecule has 1 atom stereocenters. The van der Waals surface area contributed by atoms with Gasteiger partial charge in [-0.25, -0.2) is 4.99 Å². The maximum absolute atomic E-state index is 13.8. The second kappa shape index (κ2) is 11.9. The van der Waals surface area contributed by atoms with E-state index in [9.17, 15) is 4.79 Å². The van der Waals surface area contributed by atoms with E-state index >= 15 is 0 Å². The Morgan fingerprint density at radius 1 is 1.00 bits per heavy atom. The van der Waals surface area contributed by atoms with Gasteiger partial charge in [-0.05, 0) is 60.4 Å². The Bertz CT molecular complexity index is 1390. The van der Waals surface area contributed by atoms with Gasteiger partial charge in [-0.3, -0.25) is 4.79 Å². The number of carbonyl (C=O) groups excluding carboxylic acids is 1. The number of halogens is 1. The minimum atomic E-state index is -0.242. The molecule has 39 heavy (non-hydrogen) atoms. The highest BCUT2D eigenvalue weighted by molar-refractivity contribution is 7.16. The molecule has 208 valence electrons. The van der Waals surface area contributed by atoms with Crippen LogP contribution in [0.1, 0.15) is 53.6 Å². The smallest absolute Gasteiger partial charge is 0.259 e. The highest BCUT2D eigenvalue weighted by Crippen LogP contribution is 2.46. The summed E-state index contributed by atoms with van der Waals surface area (Å²) in [5, 5.41) is 4.16. The number of hydrogen-bond acceptors (Lipinski definition) is 7. The van der Waals surface area contributed by atoms with Crippen LogP contribution in [0.4, 0.5) is 10.7 Å². The Labute approximate surface area is 239 Å². The topological polar surface area (TPSA) is 78.4 Å². The summed E-state index contributed by atoms with van der Waals surface area (Å²) in [4.78, 5) is 19.8. The van der Waals surface area contributed by atoms with Crippen LogP contribution < -0.4 is 24.3 Å².